The van der Waals surface area contributed by atoms with Crippen LogP contribution in [0.2, 0.25) is 0 Å². The monoisotopic (exact) mass is 245 g/mol. The lowest BCUT2D eigenvalue weighted by Crippen LogP contribution is -2.42. The van der Waals surface area contributed by atoms with Crippen LogP contribution in [0.5, 0.6) is 5.75 Å². The summed E-state index contributed by atoms with van der Waals surface area (Å²) in [7, 11) is 1.65. The highest BCUT2D eigenvalue weighted by Gasteiger charge is 2.14. The fraction of sp³-hybridized carbons (Fsp3) is 0.500. The predicted molar refractivity (Wildman–Crippen MR) is 68.2 cm³/mol. The van der Waals surface area contributed by atoms with Gasteiger partial charge in [-0.1, -0.05) is 12.1 Å². The third-order valence-corrected chi connectivity index (χ3v) is 2.33. The van der Waals surface area contributed by atoms with Crippen LogP contribution >= 0.6 is 12.4 Å². The Morgan fingerprint density at radius 2 is 1.81 bits per heavy atom. The van der Waals surface area contributed by atoms with Crippen LogP contribution in [0.15, 0.2) is 24.3 Å². The average Bonchev–Trinajstić information content (AvgIpc) is 2.27. The van der Waals surface area contributed by atoms with Gasteiger partial charge in [0.25, 0.3) is 0 Å². The molecule has 0 aromatic heterocycles. The lowest BCUT2D eigenvalue weighted by atomic mass is 10.1. The molecule has 1 aromatic carbocycles. The van der Waals surface area contributed by atoms with Crippen LogP contribution < -0.4 is 10.1 Å². The third-order valence-electron chi connectivity index (χ3n) is 2.33. The summed E-state index contributed by atoms with van der Waals surface area (Å²) in [6.07, 6.45) is 0. The summed E-state index contributed by atoms with van der Waals surface area (Å²) in [6, 6.07) is 7.89. The Bertz CT molecular complexity index is 298. The average molecular weight is 246 g/mol. The minimum atomic E-state index is -0.236. The molecule has 0 aliphatic rings. The fourth-order valence-corrected chi connectivity index (χ4v) is 1.14. The van der Waals surface area contributed by atoms with Gasteiger partial charge in [-0.3, -0.25) is 0 Å². The zero-order chi connectivity index (χ0) is 11.3. The maximum Gasteiger partial charge on any atom is 0.118 e. The number of halogens is 1. The molecule has 4 heteroatoms. The molecule has 0 aliphatic heterocycles. The smallest absolute Gasteiger partial charge is 0.118 e. The molecule has 0 radical (unpaired) electrons. The van der Waals surface area contributed by atoms with Crippen molar-refractivity contribution in [1.29, 1.82) is 0 Å². The zero-order valence-electron chi connectivity index (χ0n) is 9.99. The van der Waals surface area contributed by atoms with Gasteiger partial charge in [0.05, 0.1) is 13.7 Å². The molecule has 0 fully saturated rings. The molecule has 92 valence electrons. The molecular weight excluding hydrogens is 226 g/mol. The molecular formula is C12H20ClNO2. The molecule has 1 aromatic rings. The molecule has 3 nitrogen and oxygen atoms in total. The number of hydrogen-bond acceptors (Lipinski definition) is 3. The van der Waals surface area contributed by atoms with E-state index in [0.29, 0.717) is 0 Å². The van der Waals surface area contributed by atoms with Gasteiger partial charge in [0.2, 0.25) is 0 Å². The lowest BCUT2D eigenvalue weighted by molar-refractivity contribution is 0.187. The van der Waals surface area contributed by atoms with Crippen molar-refractivity contribution >= 4 is 12.4 Å². The van der Waals surface area contributed by atoms with Crippen LogP contribution in [-0.2, 0) is 6.54 Å². The Morgan fingerprint density at radius 1 is 1.25 bits per heavy atom. The molecule has 0 amide bonds. The van der Waals surface area contributed by atoms with Crippen molar-refractivity contribution in [3.8, 4) is 5.75 Å². The van der Waals surface area contributed by atoms with Crippen LogP contribution in [0, 0.1) is 0 Å². The second-order valence-corrected chi connectivity index (χ2v) is 4.24. The summed E-state index contributed by atoms with van der Waals surface area (Å²) in [5.74, 6) is 0.861. The fourth-order valence-electron chi connectivity index (χ4n) is 1.14. The van der Waals surface area contributed by atoms with Gasteiger partial charge < -0.3 is 15.2 Å². The highest BCUT2D eigenvalue weighted by Crippen LogP contribution is 2.12. The van der Waals surface area contributed by atoms with E-state index in [-0.39, 0.29) is 24.6 Å². The van der Waals surface area contributed by atoms with Gasteiger partial charge >= 0.3 is 0 Å². The minimum absolute atomic E-state index is 0. The number of benzene rings is 1. The largest absolute Gasteiger partial charge is 0.497 e. The normalized spacial score (nSPS) is 10.8. The molecule has 0 saturated heterocycles. The van der Waals surface area contributed by atoms with Crippen molar-refractivity contribution in [2.75, 3.05) is 13.7 Å². The number of hydrogen-bond donors (Lipinski definition) is 2. The summed E-state index contributed by atoms with van der Waals surface area (Å²) in [4.78, 5) is 0. The number of aliphatic hydroxyl groups excluding tert-OH is 1. The summed E-state index contributed by atoms with van der Waals surface area (Å²) < 4.78 is 5.08. The first-order valence-corrected chi connectivity index (χ1v) is 5.06. The van der Waals surface area contributed by atoms with E-state index >= 15 is 0 Å². The number of nitrogens with one attached hydrogen (secondary N) is 1. The first-order valence-electron chi connectivity index (χ1n) is 5.06. The maximum atomic E-state index is 9.07. The van der Waals surface area contributed by atoms with Gasteiger partial charge in [-0.15, -0.1) is 12.4 Å². The van der Waals surface area contributed by atoms with Crippen molar-refractivity contribution in [2.24, 2.45) is 0 Å². The highest BCUT2D eigenvalue weighted by atomic mass is 35.5. The Labute approximate surface area is 103 Å². The molecule has 0 atom stereocenters. The standard InChI is InChI=1S/C12H19NO2.ClH/c1-12(2,9-14)13-8-10-4-6-11(15-3)7-5-10;/h4-7,13-14H,8-9H2,1-3H3;1H. The third kappa shape index (κ3) is 4.84. The van der Waals surface area contributed by atoms with Crippen molar-refractivity contribution < 1.29 is 9.84 Å². The summed E-state index contributed by atoms with van der Waals surface area (Å²) >= 11 is 0. The molecule has 16 heavy (non-hydrogen) atoms. The number of ether oxygens (including phenoxy) is 1. The van der Waals surface area contributed by atoms with Crippen molar-refractivity contribution in [2.45, 2.75) is 25.9 Å². The number of aliphatic hydroxyl groups is 1. The molecule has 0 unspecified atom stereocenters. The minimum Gasteiger partial charge on any atom is -0.497 e. The molecule has 0 bridgehead atoms. The summed E-state index contributed by atoms with van der Waals surface area (Å²) in [5.41, 5.74) is 0.942. The van der Waals surface area contributed by atoms with Crippen molar-refractivity contribution in [3.05, 3.63) is 29.8 Å². The highest BCUT2D eigenvalue weighted by molar-refractivity contribution is 5.85. The van der Waals surface area contributed by atoms with E-state index in [0.717, 1.165) is 12.3 Å². The van der Waals surface area contributed by atoms with Crippen LogP contribution in [0.25, 0.3) is 0 Å². The molecule has 2 N–H and O–H groups in total. The van der Waals surface area contributed by atoms with Crippen molar-refractivity contribution in [3.63, 3.8) is 0 Å². The van der Waals surface area contributed by atoms with Gasteiger partial charge in [0.1, 0.15) is 5.75 Å². The summed E-state index contributed by atoms with van der Waals surface area (Å²) in [5, 5.41) is 12.3. The van der Waals surface area contributed by atoms with Crippen LogP contribution in [0.3, 0.4) is 0 Å². The van der Waals surface area contributed by atoms with Gasteiger partial charge in [0, 0.05) is 12.1 Å². The van der Waals surface area contributed by atoms with E-state index in [4.69, 9.17) is 9.84 Å². The lowest BCUT2D eigenvalue weighted by Gasteiger charge is -2.23. The molecule has 0 spiro atoms. The molecule has 1 rings (SSSR count). The van der Waals surface area contributed by atoms with Gasteiger partial charge in [-0.05, 0) is 31.5 Å². The Balaban J connectivity index is 0.00000225. The van der Waals surface area contributed by atoms with E-state index < -0.39 is 0 Å². The topological polar surface area (TPSA) is 41.5 Å². The van der Waals surface area contributed by atoms with Gasteiger partial charge in [-0.25, -0.2) is 0 Å². The van der Waals surface area contributed by atoms with Gasteiger partial charge in [0.15, 0.2) is 0 Å². The molecule has 0 heterocycles. The second-order valence-electron chi connectivity index (χ2n) is 4.24. The first kappa shape index (κ1) is 15.2. The SMILES string of the molecule is COc1ccc(CNC(C)(C)CO)cc1.Cl. The second kappa shape index (κ2) is 6.74. The Morgan fingerprint density at radius 3 is 2.25 bits per heavy atom. The van der Waals surface area contributed by atoms with E-state index in [1.54, 1.807) is 7.11 Å². The van der Waals surface area contributed by atoms with E-state index in [1.165, 1.54) is 5.56 Å². The predicted octanol–water partition coefficient (Wildman–Crippen LogP) is 1.98. The van der Waals surface area contributed by atoms with Crippen molar-refractivity contribution in [1.82, 2.24) is 5.32 Å². The number of methoxy groups -OCH3 is 1. The first-order chi connectivity index (χ1) is 7.07. The van der Waals surface area contributed by atoms with Gasteiger partial charge in [-0.2, -0.15) is 0 Å². The Hall–Kier alpha value is -0.770. The van der Waals surface area contributed by atoms with E-state index in [9.17, 15) is 0 Å². The van der Waals surface area contributed by atoms with Crippen LogP contribution in [0.4, 0.5) is 0 Å². The van der Waals surface area contributed by atoms with E-state index in [1.807, 2.05) is 38.1 Å². The zero-order valence-corrected chi connectivity index (χ0v) is 10.8. The Kier molecular flexibility index (Phi) is 6.41. The quantitative estimate of drug-likeness (QED) is 0.834. The summed E-state index contributed by atoms with van der Waals surface area (Å²) in [6.45, 7) is 4.81. The van der Waals surface area contributed by atoms with E-state index in [2.05, 4.69) is 5.32 Å². The maximum absolute atomic E-state index is 9.07. The van der Waals surface area contributed by atoms with Crippen LogP contribution in [-0.4, -0.2) is 24.4 Å². The molecule has 0 saturated carbocycles. The number of rotatable bonds is 5. The van der Waals surface area contributed by atoms with Crippen LogP contribution in [0.1, 0.15) is 19.4 Å². The molecule has 0 aliphatic carbocycles.